The molecule has 0 saturated heterocycles. The first-order valence-electron chi connectivity index (χ1n) is 7.44. The highest BCUT2D eigenvalue weighted by Crippen LogP contribution is 2.21. The number of imidazole rings is 1. The summed E-state index contributed by atoms with van der Waals surface area (Å²) in [6.07, 6.45) is 3.27. The Morgan fingerprint density at radius 3 is 2.40 bits per heavy atom. The van der Waals surface area contributed by atoms with Crippen molar-refractivity contribution in [2.24, 2.45) is 7.05 Å². The summed E-state index contributed by atoms with van der Waals surface area (Å²) in [5, 5.41) is 2.73. The Bertz CT molecular complexity index is 906. The maximum Gasteiger partial charge on any atom is 0.252 e. The molecule has 3 rings (SSSR count). The second-order valence-electron chi connectivity index (χ2n) is 5.48. The number of benzene rings is 2. The molecule has 0 spiro atoms. The molecule has 1 aromatic heterocycles. The van der Waals surface area contributed by atoms with Gasteiger partial charge >= 0.3 is 0 Å². The number of nitrogens with one attached hydrogen (secondary N) is 1. The number of hydrogen-bond acceptors (Lipinski definition) is 2. The van der Waals surface area contributed by atoms with Gasteiger partial charge in [-0.25, -0.2) is 18.2 Å². The Hall–Kier alpha value is -3.09. The predicted octanol–water partition coefficient (Wildman–Crippen LogP) is 3.36. The fourth-order valence-electron chi connectivity index (χ4n) is 2.46. The Kier molecular flexibility index (Phi) is 4.56. The van der Waals surface area contributed by atoms with Gasteiger partial charge in [0.15, 0.2) is 11.6 Å². The number of carbonyl (C=O) groups is 1. The van der Waals surface area contributed by atoms with Gasteiger partial charge in [0, 0.05) is 25.0 Å². The van der Waals surface area contributed by atoms with Gasteiger partial charge in [0.05, 0.1) is 0 Å². The highest BCUT2D eigenvalue weighted by molar-refractivity contribution is 5.94. The first-order valence-corrected chi connectivity index (χ1v) is 7.44. The fourth-order valence-corrected chi connectivity index (χ4v) is 2.46. The maximum absolute atomic E-state index is 13.4. The van der Waals surface area contributed by atoms with Crippen LogP contribution in [0.25, 0.3) is 0 Å². The Labute approximate surface area is 141 Å². The second-order valence-corrected chi connectivity index (χ2v) is 5.48. The lowest BCUT2D eigenvalue weighted by atomic mass is 10.1. The van der Waals surface area contributed by atoms with E-state index >= 15 is 0 Å². The Morgan fingerprint density at radius 1 is 1.08 bits per heavy atom. The average molecular weight is 345 g/mol. The van der Waals surface area contributed by atoms with Crippen LogP contribution < -0.4 is 5.32 Å². The summed E-state index contributed by atoms with van der Waals surface area (Å²) in [5.74, 6) is -2.63. The van der Waals surface area contributed by atoms with E-state index in [1.165, 1.54) is 30.3 Å². The molecule has 1 amide bonds. The van der Waals surface area contributed by atoms with Crippen LogP contribution >= 0.6 is 0 Å². The quantitative estimate of drug-likeness (QED) is 0.788. The molecule has 0 fully saturated rings. The molecule has 0 aliphatic carbocycles. The van der Waals surface area contributed by atoms with Gasteiger partial charge in [-0.05, 0) is 35.9 Å². The molecule has 3 aromatic rings. The van der Waals surface area contributed by atoms with E-state index in [2.05, 4.69) is 10.3 Å². The van der Waals surface area contributed by atoms with Crippen molar-refractivity contribution in [2.45, 2.75) is 6.04 Å². The molecule has 0 saturated carbocycles. The minimum atomic E-state index is -1.11. The minimum absolute atomic E-state index is 0.0276. The van der Waals surface area contributed by atoms with Crippen LogP contribution in [0.5, 0.6) is 0 Å². The zero-order valence-corrected chi connectivity index (χ0v) is 13.2. The molecule has 0 aliphatic rings. The molecule has 1 N–H and O–H groups in total. The molecule has 1 unspecified atom stereocenters. The number of amides is 1. The molecule has 1 heterocycles. The van der Waals surface area contributed by atoms with Crippen molar-refractivity contribution in [2.75, 3.05) is 0 Å². The lowest BCUT2D eigenvalue weighted by Crippen LogP contribution is -2.31. The third kappa shape index (κ3) is 3.55. The van der Waals surface area contributed by atoms with Gasteiger partial charge in [-0.3, -0.25) is 4.79 Å². The van der Waals surface area contributed by atoms with Crippen LogP contribution in [0.1, 0.15) is 27.8 Å². The molecule has 0 radical (unpaired) electrons. The largest absolute Gasteiger partial charge is 0.338 e. The zero-order chi connectivity index (χ0) is 18.0. The van der Waals surface area contributed by atoms with Crippen LogP contribution in [-0.2, 0) is 7.05 Å². The maximum atomic E-state index is 13.4. The molecule has 128 valence electrons. The van der Waals surface area contributed by atoms with Gasteiger partial charge in [-0.2, -0.15) is 0 Å². The van der Waals surface area contributed by atoms with Crippen molar-refractivity contribution in [1.82, 2.24) is 14.9 Å². The van der Waals surface area contributed by atoms with Gasteiger partial charge in [-0.1, -0.05) is 12.1 Å². The summed E-state index contributed by atoms with van der Waals surface area (Å²) in [6, 6.07) is 7.82. The second kappa shape index (κ2) is 6.80. The Morgan fingerprint density at radius 2 is 1.80 bits per heavy atom. The average Bonchev–Trinajstić information content (AvgIpc) is 3.01. The van der Waals surface area contributed by atoms with Crippen LogP contribution in [0.15, 0.2) is 54.9 Å². The van der Waals surface area contributed by atoms with Crippen molar-refractivity contribution in [3.8, 4) is 0 Å². The minimum Gasteiger partial charge on any atom is -0.338 e. The SMILES string of the molecule is Cn1ccnc1C(NC(=O)c1ccc(F)c(F)c1)c1ccc(F)cc1. The summed E-state index contributed by atoms with van der Waals surface area (Å²) in [5.41, 5.74) is 0.576. The van der Waals surface area contributed by atoms with E-state index in [9.17, 15) is 18.0 Å². The summed E-state index contributed by atoms with van der Waals surface area (Å²) >= 11 is 0. The molecule has 25 heavy (non-hydrogen) atoms. The summed E-state index contributed by atoms with van der Waals surface area (Å²) in [7, 11) is 1.75. The molecule has 0 bridgehead atoms. The summed E-state index contributed by atoms with van der Waals surface area (Å²) < 4.78 is 41.3. The van der Waals surface area contributed by atoms with Gasteiger partial charge in [-0.15, -0.1) is 0 Å². The lowest BCUT2D eigenvalue weighted by molar-refractivity contribution is 0.0940. The van der Waals surface area contributed by atoms with Crippen molar-refractivity contribution in [3.05, 3.63) is 89.3 Å². The number of nitrogens with zero attached hydrogens (tertiary/aromatic N) is 2. The smallest absolute Gasteiger partial charge is 0.252 e. The van der Waals surface area contributed by atoms with Gasteiger partial charge in [0.25, 0.3) is 5.91 Å². The van der Waals surface area contributed by atoms with E-state index in [-0.39, 0.29) is 5.56 Å². The molecule has 2 aromatic carbocycles. The van der Waals surface area contributed by atoms with Crippen LogP contribution in [0.2, 0.25) is 0 Å². The highest BCUT2D eigenvalue weighted by Gasteiger charge is 2.22. The summed E-state index contributed by atoms with van der Waals surface area (Å²) in [4.78, 5) is 16.7. The van der Waals surface area contributed by atoms with E-state index in [1.54, 1.807) is 24.0 Å². The van der Waals surface area contributed by atoms with E-state index < -0.39 is 29.4 Å². The van der Waals surface area contributed by atoms with Crippen LogP contribution in [0, 0.1) is 17.5 Å². The first kappa shape index (κ1) is 16.8. The summed E-state index contributed by atoms with van der Waals surface area (Å²) in [6.45, 7) is 0. The van der Waals surface area contributed by atoms with Gasteiger partial charge in [0.1, 0.15) is 17.7 Å². The van der Waals surface area contributed by atoms with Gasteiger partial charge in [0.2, 0.25) is 0 Å². The third-order valence-electron chi connectivity index (χ3n) is 3.78. The monoisotopic (exact) mass is 345 g/mol. The van der Waals surface area contributed by atoms with Crippen molar-refractivity contribution in [3.63, 3.8) is 0 Å². The highest BCUT2D eigenvalue weighted by atomic mass is 19.2. The van der Waals surface area contributed by atoms with Crippen molar-refractivity contribution in [1.29, 1.82) is 0 Å². The first-order chi connectivity index (χ1) is 12.0. The molecule has 1 atom stereocenters. The number of aromatic nitrogens is 2. The number of rotatable bonds is 4. The predicted molar refractivity (Wildman–Crippen MR) is 85.3 cm³/mol. The Balaban J connectivity index is 1.94. The van der Waals surface area contributed by atoms with Crippen LogP contribution in [-0.4, -0.2) is 15.5 Å². The van der Waals surface area contributed by atoms with Crippen LogP contribution in [0.3, 0.4) is 0 Å². The number of hydrogen-bond donors (Lipinski definition) is 1. The number of halogens is 3. The lowest BCUT2D eigenvalue weighted by Gasteiger charge is -2.19. The number of aryl methyl sites for hydroxylation is 1. The standard InChI is InChI=1S/C18H14F3N3O/c1-24-9-8-22-17(24)16(11-2-5-13(19)6-3-11)23-18(25)12-4-7-14(20)15(21)10-12/h2-10,16H,1H3,(H,23,25). The topological polar surface area (TPSA) is 46.9 Å². The molecular weight excluding hydrogens is 331 g/mol. The molecule has 0 aliphatic heterocycles. The molecular formula is C18H14F3N3O. The van der Waals surface area contributed by atoms with E-state index in [0.717, 1.165) is 12.1 Å². The van der Waals surface area contributed by atoms with E-state index in [4.69, 9.17) is 0 Å². The van der Waals surface area contributed by atoms with Crippen molar-refractivity contribution < 1.29 is 18.0 Å². The van der Waals surface area contributed by atoms with Gasteiger partial charge < -0.3 is 9.88 Å². The van der Waals surface area contributed by atoms with Crippen LogP contribution in [0.4, 0.5) is 13.2 Å². The zero-order valence-electron chi connectivity index (χ0n) is 13.2. The molecule has 7 heteroatoms. The molecule has 4 nitrogen and oxygen atoms in total. The van der Waals surface area contributed by atoms with E-state index in [1.807, 2.05) is 0 Å². The van der Waals surface area contributed by atoms with Crippen molar-refractivity contribution >= 4 is 5.91 Å². The fraction of sp³-hybridized carbons (Fsp3) is 0.111. The van der Waals surface area contributed by atoms with E-state index in [0.29, 0.717) is 11.4 Å². The normalized spacial score (nSPS) is 12.0. The third-order valence-corrected chi connectivity index (χ3v) is 3.78. The number of carbonyl (C=O) groups excluding carboxylic acids is 1.